The minimum atomic E-state index is -0.490. The number of azo groups is 1. The first-order valence-electron chi connectivity index (χ1n) is 5.78. The van der Waals surface area contributed by atoms with Crippen LogP contribution in [0.2, 0.25) is 0 Å². The van der Waals surface area contributed by atoms with Crippen molar-refractivity contribution in [3.63, 3.8) is 0 Å². The predicted octanol–water partition coefficient (Wildman–Crippen LogP) is 2.30. The lowest BCUT2D eigenvalue weighted by atomic mass is 10.2. The Morgan fingerprint density at radius 1 is 0.650 bits per heavy atom. The number of carbonyl (C=O) groups is 2. The van der Waals surface area contributed by atoms with Crippen LogP contribution in [-0.4, -0.2) is 11.8 Å². The van der Waals surface area contributed by atoms with Gasteiger partial charge in [0.05, 0.1) is 11.4 Å². The normalized spacial score (nSPS) is 10.6. The van der Waals surface area contributed by atoms with Gasteiger partial charge in [0.1, 0.15) is 0 Å². The Balaban J connectivity index is 2.12. The molecule has 4 N–H and O–H groups in total. The van der Waals surface area contributed by atoms with Crippen LogP contribution >= 0.6 is 0 Å². The molecule has 2 amide bonds. The van der Waals surface area contributed by atoms with Crippen LogP contribution in [0.15, 0.2) is 58.8 Å². The Morgan fingerprint density at radius 2 is 0.950 bits per heavy atom. The van der Waals surface area contributed by atoms with E-state index in [2.05, 4.69) is 10.2 Å². The fourth-order valence-corrected chi connectivity index (χ4v) is 1.50. The highest BCUT2D eigenvalue weighted by atomic mass is 16.1. The van der Waals surface area contributed by atoms with Gasteiger partial charge in [0.25, 0.3) is 0 Å². The fourth-order valence-electron chi connectivity index (χ4n) is 1.50. The second kappa shape index (κ2) is 5.75. The van der Waals surface area contributed by atoms with Crippen molar-refractivity contribution in [2.75, 3.05) is 0 Å². The van der Waals surface area contributed by atoms with E-state index >= 15 is 0 Å². The molecule has 2 aromatic rings. The van der Waals surface area contributed by atoms with E-state index < -0.39 is 11.8 Å². The highest BCUT2D eigenvalue weighted by Crippen LogP contribution is 2.19. The summed E-state index contributed by atoms with van der Waals surface area (Å²) < 4.78 is 0. The van der Waals surface area contributed by atoms with Gasteiger partial charge in [-0.25, -0.2) is 0 Å². The zero-order valence-corrected chi connectivity index (χ0v) is 10.5. The minimum Gasteiger partial charge on any atom is -0.366 e. The topological polar surface area (TPSA) is 111 Å². The van der Waals surface area contributed by atoms with Crippen molar-refractivity contribution in [3.8, 4) is 0 Å². The smallest absolute Gasteiger partial charge is 0.248 e. The summed E-state index contributed by atoms with van der Waals surface area (Å²) in [5, 5.41) is 8.02. The highest BCUT2D eigenvalue weighted by Gasteiger charge is 2.00. The molecular formula is C14H12N4O2. The molecule has 100 valence electrons. The second-order valence-electron chi connectivity index (χ2n) is 4.02. The molecule has 0 heterocycles. The van der Waals surface area contributed by atoms with Gasteiger partial charge in [-0.15, -0.1) is 0 Å². The van der Waals surface area contributed by atoms with Crippen LogP contribution in [0.5, 0.6) is 0 Å². The third-order valence-corrected chi connectivity index (χ3v) is 2.58. The Kier molecular flexibility index (Phi) is 3.85. The summed E-state index contributed by atoms with van der Waals surface area (Å²) in [4.78, 5) is 21.8. The van der Waals surface area contributed by atoms with E-state index in [-0.39, 0.29) is 0 Å². The van der Waals surface area contributed by atoms with E-state index in [0.29, 0.717) is 22.5 Å². The monoisotopic (exact) mass is 268 g/mol. The highest BCUT2D eigenvalue weighted by molar-refractivity contribution is 5.93. The van der Waals surface area contributed by atoms with Crippen molar-refractivity contribution >= 4 is 23.2 Å². The molecule has 2 aromatic carbocycles. The average molecular weight is 268 g/mol. The standard InChI is InChI=1S/C14H12N4O2/c15-13(19)9-1-5-11(6-2-9)17-18-12-7-3-10(4-8-12)14(16)20/h1-8H,(H2,15,19)(H2,16,20). The van der Waals surface area contributed by atoms with Gasteiger partial charge in [0.2, 0.25) is 11.8 Å². The van der Waals surface area contributed by atoms with E-state index in [9.17, 15) is 9.59 Å². The number of primary amides is 2. The molecule has 0 saturated carbocycles. The lowest BCUT2D eigenvalue weighted by Crippen LogP contribution is -2.10. The first kappa shape index (κ1) is 13.4. The lowest BCUT2D eigenvalue weighted by molar-refractivity contribution is 0.0992. The average Bonchev–Trinajstić information content (AvgIpc) is 2.46. The van der Waals surface area contributed by atoms with Crippen LogP contribution in [-0.2, 0) is 0 Å². The molecule has 0 aromatic heterocycles. The van der Waals surface area contributed by atoms with Gasteiger partial charge in [0.15, 0.2) is 0 Å². The third-order valence-electron chi connectivity index (χ3n) is 2.58. The SMILES string of the molecule is NC(=O)c1ccc(N=Nc2ccc(C(N)=O)cc2)cc1. The lowest BCUT2D eigenvalue weighted by Gasteiger charge is -1.97. The molecule has 0 spiro atoms. The van der Waals surface area contributed by atoms with Crippen LogP contribution < -0.4 is 11.5 Å². The van der Waals surface area contributed by atoms with E-state index in [4.69, 9.17) is 11.5 Å². The molecule has 0 unspecified atom stereocenters. The largest absolute Gasteiger partial charge is 0.366 e. The van der Waals surface area contributed by atoms with E-state index in [1.807, 2.05) is 0 Å². The Labute approximate surface area is 115 Å². The maximum Gasteiger partial charge on any atom is 0.248 e. The van der Waals surface area contributed by atoms with Crippen LogP contribution in [0.4, 0.5) is 11.4 Å². The molecular weight excluding hydrogens is 256 g/mol. The van der Waals surface area contributed by atoms with Crippen LogP contribution in [0.1, 0.15) is 20.7 Å². The van der Waals surface area contributed by atoms with Gasteiger partial charge in [-0.1, -0.05) is 0 Å². The van der Waals surface area contributed by atoms with E-state index in [0.717, 1.165) is 0 Å². The zero-order valence-electron chi connectivity index (χ0n) is 10.5. The third kappa shape index (κ3) is 3.26. The maximum atomic E-state index is 10.9. The number of rotatable bonds is 4. The molecule has 0 fully saturated rings. The van der Waals surface area contributed by atoms with Gasteiger partial charge in [-0.2, -0.15) is 10.2 Å². The Hall–Kier alpha value is -3.02. The van der Waals surface area contributed by atoms with Gasteiger partial charge >= 0.3 is 0 Å². The summed E-state index contributed by atoms with van der Waals surface area (Å²) in [7, 11) is 0. The van der Waals surface area contributed by atoms with Gasteiger partial charge in [-0.05, 0) is 48.5 Å². The van der Waals surface area contributed by atoms with Crippen molar-refractivity contribution in [1.29, 1.82) is 0 Å². The molecule has 0 aliphatic rings. The van der Waals surface area contributed by atoms with Crippen LogP contribution in [0, 0.1) is 0 Å². The number of hydrogen-bond donors (Lipinski definition) is 2. The molecule has 0 atom stereocenters. The first-order chi connectivity index (χ1) is 9.56. The van der Waals surface area contributed by atoms with Gasteiger partial charge in [-0.3, -0.25) is 9.59 Å². The van der Waals surface area contributed by atoms with E-state index in [1.165, 1.54) is 0 Å². The molecule has 0 radical (unpaired) electrons. The Morgan fingerprint density at radius 3 is 1.20 bits per heavy atom. The molecule has 2 rings (SSSR count). The quantitative estimate of drug-likeness (QED) is 0.829. The number of nitrogens with zero attached hydrogens (tertiary/aromatic N) is 2. The molecule has 20 heavy (non-hydrogen) atoms. The number of carbonyl (C=O) groups excluding carboxylic acids is 2. The molecule has 6 nitrogen and oxygen atoms in total. The maximum absolute atomic E-state index is 10.9. The van der Waals surface area contributed by atoms with Crippen molar-refractivity contribution in [2.24, 2.45) is 21.7 Å². The molecule has 0 aliphatic heterocycles. The number of nitrogens with two attached hydrogens (primary N) is 2. The van der Waals surface area contributed by atoms with E-state index in [1.54, 1.807) is 48.5 Å². The fraction of sp³-hybridized carbons (Fsp3) is 0. The summed E-state index contributed by atoms with van der Waals surface area (Å²) in [5.41, 5.74) is 12.3. The summed E-state index contributed by atoms with van der Waals surface area (Å²) in [5.74, 6) is -0.981. The molecule has 0 saturated heterocycles. The predicted molar refractivity (Wildman–Crippen MR) is 74.1 cm³/mol. The number of hydrogen-bond acceptors (Lipinski definition) is 4. The molecule has 6 heteroatoms. The van der Waals surface area contributed by atoms with Crippen molar-refractivity contribution in [1.82, 2.24) is 0 Å². The summed E-state index contributed by atoms with van der Waals surface area (Å²) in [6, 6.07) is 12.9. The van der Waals surface area contributed by atoms with Crippen LogP contribution in [0.25, 0.3) is 0 Å². The Bertz CT molecular complexity index is 601. The van der Waals surface area contributed by atoms with Gasteiger partial charge in [0, 0.05) is 11.1 Å². The minimum absolute atomic E-state index is 0.412. The summed E-state index contributed by atoms with van der Waals surface area (Å²) in [6.07, 6.45) is 0. The summed E-state index contributed by atoms with van der Waals surface area (Å²) >= 11 is 0. The van der Waals surface area contributed by atoms with Crippen molar-refractivity contribution in [3.05, 3.63) is 59.7 Å². The van der Waals surface area contributed by atoms with Gasteiger partial charge < -0.3 is 11.5 Å². The van der Waals surface area contributed by atoms with Crippen molar-refractivity contribution < 1.29 is 9.59 Å². The van der Waals surface area contributed by atoms with Crippen molar-refractivity contribution in [2.45, 2.75) is 0 Å². The second-order valence-corrected chi connectivity index (χ2v) is 4.02. The molecule has 0 bridgehead atoms. The first-order valence-corrected chi connectivity index (χ1v) is 5.78. The zero-order chi connectivity index (χ0) is 14.5. The number of amides is 2. The van der Waals surface area contributed by atoms with Crippen LogP contribution in [0.3, 0.4) is 0 Å². The molecule has 0 aliphatic carbocycles. The summed E-state index contributed by atoms with van der Waals surface area (Å²) in [6.45, 7) is 0. The number of benzene rings is 2.